The van der Waals surface area contributed by atoms with Crippen LogP contribution in [0.2, 0.25) is 0 Å². The first kappa shape index (κ1) is 14.6. The van der Waals surface area contributed by atoms with Crippen molar-refractivity contribution in [2.75, 3.05) is 0 Å². The molecule has 16 heavy (non-hydrogen) atoms. The lowest BCUT2D eigenvalue weighted by molar-refractivity contribution is -0.695. The summed E-state index contributed by atoms with van der Waals surface area (Å²) in [7, 11) is 0. The molecule has 0 aliphatic heterocycles. The number of carbonyl (C=O) groups is 2. The number of imidazole rings is 1. The highest BCUT2D eigenvalue weighted by Crippen LogP contribution is 1.90. The molecule has 1 aromatic heterocycles. The molecular formula is C9H13BrN2O4. The second kappa shape index (κ2) is 7.00. The highest BCUT2D eigenvalue weighted by atomic mass is 79.9. The Balaban J connectivity index is 0.00000225. The topological polar surface area (TPSA) is 83.4 Å². The number of carboxylic acid groups (broad SMARTS) is 2. The summed E-state index contributed by atoms with van der Waals surface area (Å²) in [6, 6.07) is 0. The van der Waals surface area contributed by atoms with E-state index in [2.05, 4.69) is 0 Å². The fraction of sp³-hybridized carbons (Fsp3) is 0.444. The van der Waals surface area contributed by atoms with E-state index in [0.717, 1.165) is 0 Å². The van der Waals surface area contributed by atoms with Gasteiger partial charge in [-0.2, -0.15) is 0 Å². The normalized spacial score (nSPS) is 9.50. The standard InChI is InChI=1S/C9H12N2O4.BrH/c12-8(13)1-3-10-5-6-11(7-10)4-2-9(14)15;/h5-7H,1-4H2,(H-,12,13,14,15);1H. The fourth-order valence-electron chi connectivity index (χ4n) is 1.15. The van der Waals surface area contributed by atoms with E-state index < -0.39 is 11.9 Å². The molecule has 0 aliphatic rings. The largest absolute Gasteiger partial charge is 1.00 e. The summed E-state index contributed by atoms with van der Waals surface area (Å²) in [5, 5.41) is 16.9. The number of carboxylic acids is 2. The third kappa shape index (κ3) is 5.50. The Hall–Kier alpha value is -1.37. The van der Waals surface area contributed by atoms with Gasteiger partial charge in [-0.25, -0.2) is 9.13 Å². The molecule has 0 amide bonds. The maximum atomic E-state index is 10.3. The Morgan fingerprint density at radius 1 is 1.19 bits per heavy atom. The molecule has 0 saturated carbocycles. The summed E-state index contributed by atoms with van der Waals surface area (Å²) in [5.74, 6) is -1.69. The number of halogens is 1. The van der Waals surface area contributed by atoms with Gasteiger partial charge in [-0.15, -0.1) is 0 Å². The van der Waals surface area contributed by atoms with Gasteiger partial charge >= 0.3 is 11.9 Å². The second-order valence-corrected chi connectivity index (χ2v) is 3.18. The van der Waals surface area contributed by atoms with Crippen molar-refractivity contribution in [2.24, 2.45) is 0 Å². The van der Waals surface area contributed by atoms with Crippen molar-refractivity contribution < 1.29 is 41.4 Å². The van der Waals surface area contributed by atoms with Crippen molar-refractivity contribution in [2.45, 2.75) is 25.9 Å². The lowest BCUT2D eigenvalue weighted by atomic mass is 10.4. The van der Waals surface area contributed by atoms with Crippen LogP contribution in [0.5, 0.6) is 0 Å². The number of aryl methyl sites for hydroxylation is 2. The van der Waals surface area contributed by atoms with Gasteiger partial charge in [0.25, 0.3) is 0 Å². The van der Waals surface area contributed by atoms with E-state index in [0.29, 0.717) is 13.1 Å². The zero-order valence-corrected chi connectivity index (χ0v) is 10.1. The molecule has 0 aliphatic carbocycles. The van der Waals surface area contributed by atoms with Gasteiger partial charge < -0.3 is 27.2 Å². The predicted molar refractivity (Wildman–Crippen MR) is 49.1 cm³/mol. The van der Waals surface area contributed by atoms with Crippen LogP contribution in [-0.2, 0) is 22.7 Å². The Labute approximate surface area is 103 Å². The fourth-order valence-corrected chi connectivity index (χ4v) is 1.15. The van der Waals surface area contributed by atoms with Gasteiger partial charge in [0.15, 0.2) is 0 Å². The molecule has 7 heteroatoms. The minimum atomic E-state index is -0.846. The van der Waals surface area contributed by atoms with Gasteiger partial charge in [0, 0.05) is 0 Å². The minimum Gasteiger partial charge on any atom is -1.00 e. The molecule has 0 spiro atoms. The van der Waals surface area contributed by atoms with Crippen molar-refractivity contribution in [1.82, 2.24) is 4.57 Å². The van der Waals surface area contributed by atoms with Gasteiger partial charge in [0.05, 0.1) is 12.8 Å². The van der Waals surface area contributed by atoms with Gasteiger partial charge in [-0.05, 0) is 0 Å². The number of aliphatic carboxylic acids is 2. The Bertz CT molecular complexity index is 332. The predicted octanol–water partition coefficient (Wildman–Crippen LogP) is -3.27. The van der Waals surface area contributed by atoms with Crippen LogP contribution < -0.4 is 21.5 Å². The zero-order chi connectivity index (χ0) is 11.3. The summed E-state index contributed by atoms with van der Waals surface area (Å²) >= 11 is 0. The number of hydrogen-bond donors (Lipinski definition) is 2. The van der Waals surface area contributed by atoms with E-state index >= 15 is 0 Å². The van der Waals surface area contributed by atoms with Crippen LogP contribution in [0.4, 0.5) is 0 Å². The van der Waals surface area contributed by atoms with Crippen LogP contribution in [0, 0.1) is 0 Å². The SMILES string of the molecule is O=C(O)CCn1cc[n+](CCC(=O)O)c1.[Br-]. The summed E-state index contributed by atoms with van der Waals surface area (Å²) in [5.41, 5.74) is 0. The average Bonchev–Trinajstić information content (AvgIpc) is 2.59. The van der Waals surface area contributed by atoms with Crippen molar-refractivity contribution in [3.8, 4) is 0 Å². The van der Waals surface area contributed by atoms with Crippen molar-refractivity contribution >= 4 is 11.9 Å². The van der Waals surface area contributed by atoms with Crippen LogP contribution in [0.1, 0.15) is 12.8 Å². The van der Waals surface area contributed by atoms with E-state index in [1.165, 1.54) is 0 Å². The molecule has 0 unspecified atom stereocenters. The van der Waals surface area contributed by atoms with Gasteiger partial charge in [0.1, 0.15) is 25.5 Å². The van der Waals surface area contributed by atoms with Crippen LogP contribution in [0.25, 0.3) is 0 Å². The molecule has 0 atom stereocenters. The average molecular weight is 293 g/mol. The quantitative estimate of drug-likeness (QED) is 0.539. The molecule has 0 bridgehead atoms. The van der Waals surface area contributed by atoms with Crippen molar-refractivity contribution in [3.63, 3.8) is 0 Å². The maximum absolute atomic E-state index is 10.3. The Morgan fingerprint density at radius 3 is 2.38 bits per heavy atom. The van der Waals surface area contributed by atoms with Crippen LogP contribution in [0.15, 0.2) is 18.7 Å². The number of hydrogen-bond acceptors (Lipinski definition) is 2. The Morgan fingerprint density at radius 2 is 1.81 bits per heavy atom. The first-order valence-electron chi connectivity index (χ1n) is 4.56. The van der Waals surface area contributed by atoms with Gasteiger partial charge in [-0.3, -0.25) is 9.59 Å². The van der Waals surface area contributed by atoms with E-state index in [1.807, 2.05) is 0 Å². The van der Waals surface area contributed by atoms with Crippen LogP contribution in [0.3, 0.4) is 0 Å². The maximum Gasteiger partial charge on any atom is 0.307 e. The molecule has 0 radical (unpaired) electrons. The summed E-state index contributed by atoms with van der Waals surface area (Å²) < 4.78 is 3.44. The van der Waals surface area contributed by atoms with Crippen LogP contribution >= 0.6 is 0 Å². The Kier molecular flexibility index (Phi) is 6.40. The van der Waals surface area contributed by atoms with E-state index in [4.69, 9.17) is 10.2 Å². The number of nitrogens with zero attached hydrogens (tertiary/aromatic N) is 2. The smallest absolute Gasteiger partial charge is 0.307 e. The second-order valence-electron chi connectivity index (χ2n) is 3.18. The van der Waals surface area contributed by atoms with E-state index in [1.54, 1.807) is 27.9 Å². The summed E-state index contributed by atoms with van der Waals surface area (Å²) in [6.45, 7) is 0.796. The van der Waals surface area contributed by atoms with Gasteiger partial charge in [0.2, 0.25) is 6.33 Å². The molecule has 90 valence electrons. The molecule has 0 aromatic carbocycles. The van der Waals surface area contributed by atoms with Crippen molar-refractivity contribution in [3.05, 3.63) is 18.7 Å². The molecule has 1 aromatic rings. The minimum absolute atomic E-state index is 0. The summed E-state index contributed by atoms with van der Waals surface area (Å²) in [4.78, 5) is 20.6. The van der Waals surface area contributed by atoms with Crippen LogP contribution in [-0.4, -0.2) is 26.7 Å². The highest BCUT2D eigenvalue weighted by molar-refractivity contribution is 5.66. The molecule has 0 saturated heterocycles. The lowest BCUT2D eigenvalue weighted by Crippen LogP contribution is -3.00. The van der Waals surface area contributed by atoms with Crippen molar-refractivity contribution in [1.29, 1.82) is 0 Å². The first-order chi connectivity index (χ1) is 7.08. The number of rotatable bonds is 6. The lowest BCUT2D eigenvalue weighted by Gasteiger charge is -1.92. The third-order valence-corrected chi connectivity index (χ3v) is 1.91. The first-order valence-corrected chi connectivity index (χ1v) is 4.56. The molecule has 1 heterocycles. The van der Waals surface area contributed by atoms with Gasteiger partial charge in [-0.1, -0.05) is 0 Å². The monoisotopic (exact) mass is 292 g/mol. The highest BCUT2D eigenvalue weighted by Gasteiger charge is 2.07. The molecule has 2 N–H and O–H groups in total. The third-order valence-electron chi connectivity index (χ3n) is 1.91. The molecule has 1 rings (SSSR count). The molecule has 0 fully saturated rings. The molecule has 6 nitrogen and oxygen atoms in total. The van der Waals surface area contributed by atoms with E-state index in [-0.39, 0.29) is 29.8 Å². The summed E-state index contributed by atoms with van der Waals surface area (Å²) in [6.07, 6.45) is 5.28. The van der Waals surface area contributed by atoms with E-state index in [9.17, 15) is 9.59 Å². The molecular weight excluding hydrogens is 280 g/mol. The number of aromatic nitrogens is 2. The zero-order valence-electron chi connectivity index (χ0n) is 8.54.